The molecule has 0 aliphatic carbocycles. The van der Waals surface area contributed by atoms with Crippen LogP contribution in [0.15, 0.2) is 35.7 Å². The van der Waals surface area contributed by atoms with Gasteiger partial charge in [-0.25, -0.2) is 4.98 Å². The van der Waals surface area contributed by atoms with Crippen LogP contribution in [0.1, 0.15) is 28.3 Å². The Morgan fingerprint density at radius 2 is 1.92 bits per heavy atom. The monoisotopic (exact) mass is 388 g/mol. The van der Waals surface area contributed by atoms with Crippen LogP contribution in [-0.2, 0) is 6.54 Å². The van der Waals surface area contributed by atoms with Gasteiger partial charge in [-0.3, -0.25) is 4.79 Å². The van der Waals surface area contributed by atoms with E-state index >= 15 is 0 Å². The number of anilines is 1. The number of thiazole rings is 1. The second kappa shape index (κ2) is 9.84. The third-order valence-electron chi connectivity index (χ3n) is 3.91. The molecule has 3 N–H and O–H groups in total. The van der Waals surface area contributed by atoms with E-state index in [-0.39, 0.29) is 36.8 Å². The fraction of sp³-hybridized carbons (Fsp3) is 0.375. The highest BCUT2D eigenvalue weighted by atomic mass is 35.5. The van der Waals surface area contributed by atoms with E-state index in [0.29, 0.717) is 12.2 Å². The average Bonchev–Trinajstić information content (AvgIpc) is 3.06. The van der Waals surface area contributed by atoms with Crippen molar-refractivity contribution in [2.24, 2.45) is 5.73 Å². The van der Waals surface area contributed by atoms with Crippen LogP contribution in [0.3, 0.4) is 0 Å². The second-order valence-corrected chi connectivity index (χ2v) is 6.34. The van der Waals surface area contributed by atoms with Gasteiger partial charge in [-0.1, -0.05) is 18.2 Å². The number of para-hydroxylation sites is 1. The highest BCUT2D eigenvalue weighted by molar-refractivity contribution is 7.09. The zero-order valence-electron chi connectivity index (χ0n) is 13.2. The third-order valence-corrected chi connectivity index (χ3v) is 4.78. The first kappa shape index (κ1) is 20.7. The Morgan fingerprint density at radius 3 is 2.50 bits per heavy atom. The summed E-state index contributed by atoms with van der Waals surface area (Å²) in [6.07, 6.45) is 1.91. The summed E-state index contributed by atoms with van der Waals surface area (Å²) in [7, 11) is 0. The molecule has 1 aliphatic rings. The molecule has 0 atom stereocenters. The fourth-order valence-electron chi connectivity index (χ4n) is 2.69. The Morgan fingerprint density at radius 1 is 1.25 bits per heavy atom. The Labute approximate surface area is 158 Å². The summed E-state index contributed by atoms with van der Waals surface area (Å²) in [5.74, 6) is -0.0888. The summed E-state index contributed by atoms with van der Waals surface area (Å²) >= 11 is 1.43. The van der Waals surface area contributed by atoms with Crippen molar-refractivity contribution in [1.29, 1.82) is 0 Å². The van der Waals surface area contributed by atoms with Crippen molar-refractivity contribution in [3.8, 4) is 0 Å². The topological polar surface area (TPSA) is 71.2 Å². The Hall–Kier alpha value is -1.34. The van der Waals surface area contributed by atoms with Crippen LogP contribution in [0, 0.1) is 0 Å². The molecule has 24 heavy (non-hydrogen) atoms. The summed E-state index contributed by atoms with van der Waals surface area (Å²) in [6, 6.07) is 10.6. The number of carbonyl (C=O) groups excluding carboxylic acids is 1. The molecule has 132 valence electrons. The predicted molar refractivity (Wildman–Crippen MR) is 104 cm³/mol. The molecule has 1 fully saturated rings. The molecule has 0 radical (unpaired) electrons. The van der Waals surface area contributed by atoms with Gasteiger partial charge in [0.15, 0.2) is 0 Å². The molecule has 5 nitrogen and oxygen atoms in total. The van der Waals surface area contributed by atoms with Crippen molar-refractivity contribution in [3.63, 3.8) is 0 Å². The van der Waals surface area contributed by atoms with Gasteiger partial charge >= 0.3 is 0 Å². The molecule has 0 spiro atoms. The van der Waals surface area contributed by atoms with Crippen LogP contribution < -0.4 is 16.0 Å². The SMILES string of the molecule is Cl.Cl.NCc1nc(C(=O)NC2CCN(c3ccccc3)CC2)cs1. The molecule has 3 rings (SSSR count). The number of rotatable bonds is 4. The van der Waals surface area contributed by atoms with Gasteiger partial charge in [0.05, 0.1) is 0 Å². The Balaban J connectivity index is 0.00000144. The summed E-state index contributed by atoms with van der Waals surface area (Å²) in [4.78, 5) is 18.8. The van der Waals surface area contributed by atoms with Crippen LogP contribution >= 0.6 is 36.2 Å². The lowest BCUT2D eigenvalue weighted by molar-refractivity contribution is 0.0926. The zero-order chi connectivity index (χ0) is 15.4. The normalized spacial score (nSPS) is 14.5. The number of hydrogen-bond donors (Lipinski definition) is 2. The first-order valence-electron chi connectivity index (χ1n) is 7.51. The lowest BCUT2D eigenvalue weighted by Gasteiger charge is -2.33. The van der Waals surface area contributed by atoms with E-state index in [1.807, 2.05) is 6.07 Å². The highest BCUT2D eigenvalue weighted by Crippen LogP contribution is 2.19. The molecule has 0 unspecified atom stereocenters. The molecule has 0 saturated carbocycles. The molecule has 1 amide bonds. The molecule has 0 bridgehead atoms. The van der Waals surface area contributed by atoms with Gasteiger partial charge in [0.2, 0.25) is 0 Å². The number of aromatic nitrogens is 1. The number of amides is 1. The fourth-order valence-corrected chi connectivity index (χ4v) is 3.34. The van der Waals surface area contributed by atoms with Gasteiger partial charge in [0, 0.05) is 36.7 Å². The van der Waals surface area contributed by atoms with Crippen molar-refractivity contribution in [2.75, 3.05) is 18.0 Å². The van der Waals surface area contributed by atoms with Crippen molar-refractivity contribution in [2.45, 2.75) is 25.4 Å². The molecule has 2 heterocycles. The minimum Gasteiger partial charge on any atom is -0.371 e. The minimum absolute atomic E-state index is 0. The Kier molecular flexibility index (Phi) is 8.48. The largest absolute Gasteiger partial charge is 0.371 e. The quantitative estimate of drug-likeness (QED) is 0.844. The van der Waals surface area contributed by atoms with E-state index in [2.05, 4.69) is 39.5 Å². The molecular weight excluding hydrogens is 367 g/mol. The van der Waals surface area contributed by atoms with Gasteiger partial charge < -0.3 is 16.0 Å². The number of carbonyl (C=O) groups is 1. The number of nitrogens with one attached hydrogen (secondary N) is 1. The summed E-state index contributed by atoms with van der Waals surface area (Å²) in [5.41, 5.74) is 7.26. The van der Waals surface area contributed by atoms with Gasteiger partial charge in [-0.05, 0) is 25.0 Å². The molecular formula is C16H22Cl2N4OS. The molecule has 8 heteroatoms. The van der Waals surface area contributed by atoms with Crippen molar-refractivity contribution >= 4 is 47.7 Å². The van der Waals surface area contributed by atoms with Crippen LogP contribution in [0.4, 0.5) is 5.69 Å². The van der Waals surface area contributed by atoms with Crippen molar-refractivity contribution < 1.29 is 4.79 Å². The minimum atomic E-state index is -0.0888. The smallest absolute Gasteiger partial charge is 0.270 e. The average molecular weight is 389 g/mol. The van der Waals surface area contributed by atoms with E-state index in [1.165, 1.54) is 17.0 Å². The van der Waals surface area contributed by atoms with Gasteiger partial charge in [-0.2, -0.15) is 0 Å². The van der Waals surface area contributed by atoms with Gasteiger partial charge in [-0.15, -0.1) is 36.2 Å². The predicted octanol–water partition coefficient (Wildman–Crippen LogP) is 2.84. The maximum atomic E-state index is 12.2. The lowest BCUT2D eigenvalue weighted by Crippen LogP contribution is -2.44. The van der Waals surface area contributed by atoms with Crippen LogP contribution in [0.2, 0.25) is 0 Å². The zero-order valence-corrected chi connectivity index (χ0v) is 15.6. The molecule has 2 aromatic rings. The number of piperidine rings is 1. The maximum Gasteiger partial charge on any atom is 0.270 e. The lowest BCUT2D eigenvalue weighted by atomic mass is 10.0. The van der Waals surface area contributed by atoms with E-state index in [4.69, 9.17) is 5.73 Å². The summed E-state index contributed by atoms with van der Waals surface area (Å²) < 4.78 is 0. The van der Waals surface area contributed by atoms with Gasteiger partial charge in [0.25, 0.3) is 5.91 Å². The molecule has 1 aromatic carbocycles. The van der Waals surface area contributed by atoms with E-state index in [1.54, 1.807) is 5.38 Å². The molecule has 1 saturated heterocycles. The standard InChI is InChI=1S/C16H20N4OS.2ClH/c17-10-15-19-14(11-22-15)16(21)18-12-6-8-20(9-7-12)13-4-2-1-3-5-13;;/h1-5,11-12H,6-10,17H2,(H,18,21);2*1H. The number of hydrogen-bond acceptors (Lipinski definition) is 5. The second-order valence-electron chi connectivity index (χ2n) is 5.40. The van der Waals surface area contributed by atoms with Gasteiger partial charge in [0.1, 0.15) is 10.7 Å². The van der Waals surface area contributed by atoms with Crippen LogP contribution in [0.5, 0.6) is 0 Å². The van der Waals surface area contributed by atoms with Crippen LogP contribution in [0.25, 0.3) is 0 Å². The number of nitrogens with zero attached hydrogens (tertiary/aromatic N) is 2. The number of benzene rings is 1. The highest BCUT2D eigenvalue weighted by Gasteiger charge is 2.22. The van der Waals surface area contributed by atoms with Crippen LogP contribution in [-0.4, -0.2) is 30.0 Å². The van der Waals surface area contributed by atoms with Crippen molar-refractivity contribution in [1.82, 2.24) is 10.3 Å². The number of halogens is 2. The summed E-state index contributed by atoms with van der Waals surface area (Å²) in [5, 5.41) is 5.65. The first-order chi connectivity index (χ1) is 10.8. The maximum absolute atomic E-state index is 12.2. The first-order valence-corrected chi connectivity index (χ1v) is 8.39. The number of nitrogens with two attached hydrogens (primary N) is 1. The third kappa shape index (κ3) is 5.08. The van der Waals surface area contributed by atoms with Crippen molar-refractivity contribution in [3.05, 3.63) is 46.4 Å². The van der Waals surface area contributed by atoms with E-state index in [9.17, 15) is 4.79 Å². The Bertz CT molecular complexity index is 630. The molecule has 1 aliphatic heterocycles. The molecule has 1 aromatic heterocycles. The summed E-state index contributed by atoms with van der Waals surface area (Å²) in [6.45, 7) is 2.30. The van der Waals surface area contributed by atoms with E-state index < -0.39 is 0 Å². The van der Waals surface area contributed by atoms with E-state index in [0.717, 1.165) is 30.9 Å².